The molecule has 0 aliphatic rings. The highest BCUT2D eigenvalue weighted by molar-refractivity contribution is 7.89. The van der Waals surface area contributed by atoms with Crippen molar-refractivity contribution in [3.8, 4) is 0 Å². The Morgan fingerprint density at radius 3 is 2.68 bits per heavy atom. The quantitative estimate of drug-likeness (QED) is 0.656. The van der Waals surface area contributed by atoms with Gasteiger partial charge in [-0.25, -0.2) is 8.42 Å². The molecule has 0 bridgehead atoms. The van der Waals surface area contributed by atoms with Crippen LogP contribution >= 0.6 is 0 Å². The van der Waals surface area contributed by atoms with Crippen molar-refractivity contribution in [2.75, 3.05) is 20.3 Å². The van der Waals surface area contributed by atoms with E-state index in [0.717, 1.165) is 0 Å². The van der Waals surface area contributed by atoms with Crippen LogP contribution in [0.15, 0.2) is 39.8 Å². The summed E-state index contributed by atoms with van der Waals surface area (Å²) in [4.78, 5) is 14.8. The maximum absolute atomic E-state index is 12.8. The number of carbonyl (C=O) groups is 1. The molecule has 9 nitrogen and oxygen atoms in total. The minimum absolute atomic E-state index is 0.0891. The molecule has 0 saturated heterocycles. The van der Waals surface area contributed by atoms with Gasteiger partial charge in [-0.2, -0.15) is 9.29 Å². The second-order valence-electron chi connectivity index (χ2n) is 5.14. The van der Waals surface area contributed by atoms with Gasteiger partial charge in [0.05, 0.1) is 24.5 Å². The standard InChI is InChI=1S/C15H19N3O6S/c1-23-10-9-18(25(21,22)12-5-3-2-4-6-12)11-13-16-14(24-17-13)7-8-15(19)20/h2-6H,7-11H2,1H3,(H,19,20). The van der Waals surface area contributed by atoms with Gasteiger partial charge in [0, 0.05) is 20.1 Å². The lowest BCUT2D eigenvalue weighted by Crippen LogP contribution is -2.33. The highest BCUT2D eigenvalue weighted by atomic mass is 32.2. The van der Waals surface area contributed by atoms with Crippen molar-refractivity contribution in [2.45, 2.75) is 24.3 Å². The van der Waals surface area contributed by atoms with Crippen molar-refractivity contribution in [3.05, 3.63) is 42.0 Å². The molecule has 0 spiro atoms. The van der Waals surface area contributed by atoms with Crippen LogP contribution in [0.4, 0.5) is 0 Å². The summed E-state index contributed by atoms with van der Waals surface area (Å²) in [6.07, 6.45) is -0.0524. The summed E-state index contributed by atoms with van der Waals surface area (Å²) in [5.74, 6) is -0.662. The van der Waals surface area contributed by atoms with Gasteiger partial charge in [0.2, 0.25) is 15.9 Å². The number of nitrogens with zero attached hydrogens (tertiary/aromatic N) is 3. The van der Waals surface area contributed by atoms with E-state index in [1.807, 2.05) is 0 Å². The monoisotopic (exact) mass is 369 g/mol. The van der Waals surface area contributed by atoms with E-state index >= 15 is 0 Å². The molecule has 136 valence electrons. The highest BCUT2D eigenvalue weighted by Gasteiger charge is 2.26. The summed E-state index contributed by atoms with van der Waals surface area (Å²) in [5, 5.41) is 12.4. The third-order valence-corrected chi connectivity index (χ3v) is 5.17. The van der Waals surface area contributed by atoms with Crippen LogP contribution in [0.25, 0.3) is 0 Å². The van der Waals surface area contributed by atoms with Crippen LogP contribution in [0, 0.1) is 0 Å². The van der Waals surface area contributed by atoms with E-state index in [-0.39, 0.29) is 49.1 Å². The van der Waals surface area contributed by atoms with E-state index in [2.05, 4.69) is 10.1 Å². The Hall–Kier alpha value is -2.30. The zero-order chi connectivity index (χ0) is 18.3. The number of aryl methyl sites for hydroxylation is 1. The Bertz CT molecular complexity index is 791. The SMILES string of the molecule is COCCN(Cc1noc(CCC(=O)O)n1)S(=O)(=O)c1ccccc1. The zero-order valence-electron chi connectivity index (χ0n) is 13.7. The molecular weight excluding hydrogens is 350 g/mol. The van der Waals surface area contributed by atoms with Crippen LogP contribution in [0.2, 0.25) is 0 Å². The number of aromatic nitrogens is 2. The zero-order valence-corrected chi connectivity index (χ0v) is 14.5. The Kier molecular flexibility index (Phi) is 6.62. The van der Waals surface area contributed by atoms with Gasteiger partial charge in [-0.3, -0.25) is 4.79 Å². The number of hydrogen-bond donors (Lipinski definition) is 1. The lowest BCUT2D eigenvalue weighted by atomic mass is 10.3. The van der Waals surface area contributed by atoms with Crippen LogP contribution in [0.3, 0.4) is 0 Å². The average molecular weight is 369 g/mol. The summed E-state index contributed by atoms with van der Waals surface area (Å²) < 4.78 is 36.7. The number of sulfonamides is 1. The second-order valence-corrected chi connectivity index (χ2v) is 7.08. The van der Waals surface area contributed by atoms with Crippen molar-refractivity contribution in [1.29, 1.82) is 0 Å². The summed E-state index contributed by atoms with van der Waals surface area (Å²) in [7, 11) is -2.27. The molecule has 2 aromatic rings. The first-order valence-electron chi connectivity index (χ1n) is 7.51. The number of carboxylic acids is 1. The van der Waals surface area contributed by atoms with Gasteiger partial charge in [-0.15, -0.1) is 0 Å². The molecule has 0 radical (unpaired) electrons. The van der Waals surface area contributed by atoms with Gasteiger partial charge < -0.3 is 14.4 Å². The van der Waals surface area contributed by atoms with Crippen LogP contribution in [-0.2, 0) is 32.5 Å². The molecule has 1 aromatic heterocycles. The Morgan fingerprint density at radius 1 is 1.32 bits per heavy atom. The Morgan fingerprint density at radius 2 is 2.04 bits per heavy atom. The predicted octanol–water partition coefficient (Wildman–Crippen LogP) is 0.924. The minimum atomic E-state index is -3.75. The normalized spacial score (nSPS) is 11.8. The molecule has 1 heterocycles. The van der Waals surface area contributed by atoms with Crippen molar-refractivity contribution < 1.29 is 27.6 Å². The van der Waals surface area contributed by atoms with Crippen molar-refractivity contribution >= 4 is 16.0 Å². The highest BCUT2D eigenvalue weighted by Crippen LogP contribution is 2.17. The molecule has 0 unspecified atom stereocenters. The fourth-order valence-corrected chi connectivity index (χ4v) is 3.45. The number of benzene rings is 1. The molecule has 2 rings (SSSR count). The van der Waals surface area contributed by atoms with Crippen molar-refractivity contribution in [2.24, 2.45) is 0 Å². The van der Waals surface area contributed by atoms with Crippen molar-refractivity contribution in [3.63, 3.8) is 0 Å². The fourth-order valence-electron chi connectivity index (χ4n) is 2.05. The number of methoxy groups -OCH3 is 1. The lowest BCUT2D eigenvalue weighted by molar-refractivity contribution is -0.137. The van der Waals surface area contributed by atoms with Crippen LogP contribution in [0.1, 0.15) is 18.1 Å². The van der Waals surface area contributed by atoms with Gasteiger partial charge in [-0.05, 0) is 12.1 Å². The number of carboxylic acid groups (broad SMARTS) is 1. The van der Waals surface area contributed by atoms with Gasteiger partial charge in [0.1, 0.15) is 0 Å². The Balaban J connectivity index is 2.16. The molecule has 0 amide bonds. The van der Waals surface area contributed by atoms with Gasteiger partial charge >= 0.3 is 5.97 Å². The van der Waals surface area contributed by atoms with Crippen LogP contribution < -0.4 is 0 Å². The van der Waals surface area contributed by atoms with Gasteiger partial charge in [0.25, 0.3) is 0 Å². The first kappa shape index (κ1) is 19.0. The Labute approximate surface area is 145 Å². The first-order valence-corrected chi connectivity index (χ1v) is 8.95. The molecule has 1 N–H and O–H groups in total. The third kappa shape index (κ3) is 5.34. The van der Waals surface area contributed by atoms with E-state index in [9.17, 15) is 13.2 Å². The van der Waals surface area contributed by atoms with Crippen LogP contribution in [-0.4, -0.2) is 54.2 Å². The van der Waals surface area contributed by atoms with E-state index in [4.69, 9.17) is 14.4 Å². The molecule has 0 aliphatic carbocycles. The third-order valence-electron chi connectivity index (χ3n) is 3.31. The smallest absolute Gasteiger partial charge is 0.303 e. The van der Waals surface area contributed by atoms with E-state index in [1.165, 1.54) is 23.5 Å². The minimum Gasteiger partial charge on any atom is -0.481 e. The number of hydrogen-bond acceptors (Lipinski definition) is 7. The molecule has 0 saturated carbocycles. The second kappa shape index (κ2) is 8.70. The molecule has 1 aromatic carbocycles. The van der Waals surface area contributed by atoms with Crippen LogP contribution in [0.5, 0.6) is 0 Å². The van der Waals surface area contributed by atoms with E-state index < -0.39 is 16.0 Å². The van der Waals surface area contributed by atoms with Gasteiger partial charge in [0.15, 0.2) is 5.82 Å². The molecular formula is C15H19N3O6S. The topological polar surface area (TPSA) is 123 Å². The molecule has 10 heteroatoms. The summed E-state index contributed by atoms with van der Waals surface area (Å²) in [6, 6.07) is 8.01. The summed E-state index contributed by atoms with van der Waals surface area (Å²) >= 11 is 0. The van der Waals surface area contributed by atoms with Crippen molar-refractivity contribution in [1.82, 2.24) is 14.4 Å². The molecule has 0 fully saturated rings. The fraction of sp³-hybridized carbons (Fsp3) is 0.400. The number of rotatable bonds is 10. The van der Waals surface area contributed by atoms with Gasteiger partial charge in [-0.1, -0.05) is 23.4 Å². The molecule has 25 heavy (non-hydrogen) atoms. The lowest BCUT2D eigenvalue weighted by Gasteiger charge is -2.20. The summed E-state index contributed by atoms with van der Waals surface area (Å²) in [6.45, 7) is 0.222. The largest absolute Gasteiger partial charge is 0.481 e. The van der Waals surface area contributed by atoms with E-state index in [0.29, 0.717) is 0 Å². The average Bonchev–Trinajstić information content (AvgIpc) is 3.05. The maximum atomic E-state index is 12.8. The summed E-state index contributed by atoms with van der Waals surface area (Å²) in [5.41, 5.74) is 0. The number of ether oxygens (including phenoxy) is 1. The molecule has 0 atom stereocenters. The van der Waals surface area contributed by atoms with E-state index in [1.54, 1.807) is 18.2 Å². The number of aliphatic carboxylic acids is 1. The maximum Gasteiger partial charge on any atom is 0.303 e. The predicted molar refractivity (Wildman–Crippen MR) is 86.2 cm³/mol. The molecule has 0 aliphatic heterocycles. The first-order chi connectivity index (χ1) is 11.9.